The van der Waals surface area contributed by atoms with Gasteiger partial charge in [0.2, 0.25) is 0 Å². The van der Waals surface area contributed by atoms with Crippen molar-refractivity contribution in [2.75, 3.05) is 0 Å². The Hall–Kier alpha value is -2.06. The summed E-state index contributed by atoms with van der Waals surface area (Å²) in [5.74, 6) is 0. The Balaban J connectivity index is 2.01. The van der Waals surface area contributed by atoms with Gasteiger partial charge < -0.3 is 0 Å². The number of aromatic nitrogens is 1. The summed E-state index contributed by atoms with van der Waals surface area (Å²) in [4.78, 5) is 6.98. The summed E-state index contributed by atoms with van der Waals surface area (Å²) in [7, 11) is 0. The molecule has 1 nitrogen and oxygen atoms in total. The fourth-order valence-corrected chi connectivity index (χ4v) is 3.12. The van der Waals surface area contributed by atoms with E-state index in [0.29, 0.717) is 0 Å². The van der Waals surface area contributed by atoms with Crippen molar-refractivity contribution in [3.63, 3.8) is 0 Å². The summed E-state index contributed by atoms with van der Waals surface area (Å²) in [5.41, 5.74) is 3.50. The molecule has 0 saturated heterocycles. The molecular formula is C18H15NS. The van der Waals surface area contributed by atoms with E-state index in [-0.39, 0.29) is 0 Å². The van der Waals surface area contributed by atoms with Crippen LogP contribution in [-0.2, 0) is 0 Å². The average Bonchev–Trinajstić information content (AvgIpc) is 2.51. The van der Waals surface area contributed by atoms with Crippen molar-refractivity contribution in [1.82, 2.24) is 4.98 Å². The zero-order chi connectivity index (χ0) is 13.8. The second-order valence-electron chi connectivity index (χ2n) is 4.58. The largest absolute Gasteiger partial charge is 0.256 e. The molecular weight excluding hydrogens is 262 g/mol. The van der Waals surface area contributed by atoms with Crippen LogP contribution in [0.15, 0.2) is 82.7 Å². The van der Waals surface area contributed by atoms with E-state index in [1.807, 2.05) is 18.3 Å². The lowest BCUT2D eigenvalue weighted by atomic mass is 10.1. The molecule has 0 aliphatic carbocycles. The molecule has 20 heavy (non-hydrogen) atoms. The Morgan fingerprint density at radius 3 is 2.20 bits per heavy atom. The monoisotopic (exact) mass is 277 g/mol. The van der Waals surface area contributed by atoms with Crippen molar-refractivity contribution >= 4 is 11.8 Å². The van der Waals surface area contributed by atoms with Crippen LogP contribution in [0.5, 0.6) is 0 Å². The molecule has 3 rings (SSSR count). The van der Waals surface area contributed by atoms with Crippen LogP contribution in [0.4, 0.5) is 0 Å². The van der Waals surface area contributed by atoms with Crippen molar-refractivity contribution < 1.29 is 0 Å². The lowest BCUT2D eigenvalue weighted by Gasteiger charge is -2.10. The topological polar surface area (TPSA) is 12.9 Å². The van der Waals surface area contributed by atoms with E-state index < -0.39 is 0 Å². The summed E-state index contributed by atoms with van der Waals surface area (Å²) in [5, 5.41) is 0. The van der Waals surface area contributed by atoms with Crippen LogP contribution in [0.3, 0.4) is 0 Å². The van der Waals surface area contributed by atoms with Gasteiger partial charge in [-0.3, -0.25) is 4.98 Å². The highest BCUT2D eigenvalue weighted by atomic mass is 32.2. The summed E-state index contributed by atoms with van der Waals surface area (Å²) in [6, 6.07) is 22.9. The van der Waals surface area contributed by atoms with E-state index in [0.717, 1.165) is 5.69 Å². The van der Waals surface area contributed by atoms with Gasteiger partial charge in [0.25, 0.3) is 0 Å². The van der Waals surface area contributed by atoms with Gasteiger partial charge in [-0.1, -0.05) is 54.2 Å². The van der Waals surface area contributed by atoms with E-state index in [1.165, 1.54) is 20.9 Å². The summed E-state index contributed by atoms with van der Waals surface area (Å²) >= 11 is 1.80. The van der Waals surface area contributed by atoms with E-state index >= 15 is 0 Å². The van der Waals surface area contributed by atoms with Crippen LogP contribution < -0.4 is 0 Å². The summed E-state index contributed by atoms with van der Waals surface area (Å²) in [6.45, 7) is 2.14. The molecule has 0 spiro atoms. The Labute approximate surface area is 123 Å². The fraction of sp³-hybridized carbons (Fsp3) is 0.0556. The third-order valence-electron chi connectivity index (χ3n) is 3.14. The number of nitrogens with zero attached hydrogens (tertiary/aromatic N) is 1. The van der Waals surface area contributed by atoms with Gasteiger partial charge in [-0.05, 0) is 36.8 Å². The standard InChI is InChI=1S/C18H15NS/c1-14-8-2-4-11-17(14)20-18-12-5-3-9-15(18)16-10-6-7-13-19-16/h2-13H,1H3. The molecule has 0 bridgehead atoms. The predicted molar refractivity (Wildman–Crippen MR) is 85.0 cm³/mol. The zero-order valence-corrected chi connectivity index (χ0v) is 12.1. The van der Waals surface area contributed by atoms with Crippen LogP contribution in [0.25, 0.3) is 11.3 Å². The molecule has 0 amide bonds. The predicted octanol–water partition coefficient (Wildman–Crippen LogP) is 5.21. The minimum absolute atomic E-state index is 1.02. The van der Waals surface area contributed by atoms with Crippen LogP contribution in [0, 0.1) is 6.92 Å². The van der Waals surface area contributed by atoms with Crippen LogP contribution in [0.2, 0.25) is 0 Å². The second kappa shape index (κ2) is 5.93. The molecule has 0 aliphatic heterocycles. The van der Waals surface area contributed by atoms with Crippen LogP contribution in [0.1, 0.15) is 5.56 Å². The molecule has 0 fully saturated rings. The molecule has 3 aromatic rings. The molecule has 2 heteroatoms. The molecule has 0 saturated carbocycles. The maximum atomic E-state index is 4.46. The first-order valence-electron chi connectivity index (χ1n) is 6.58. The van der Waals surface area contributed by atoms with E-state index in [9.17, 15) is 0 Å². The number of hydrogen-bond donors (Lipinski definition) is 0. The van der Waals surface area contributed by atoms with Crippen molar-refractivity contribution in [3.05, 3.63) is 78.5 Å². The van der Waals surface area contributed by atoms with Crippen molar-refractivity contribution in [3.8, 4) is 11.3 Å². The number of aryl methyl sites for hydroxylation is 1. The smallest absolute Gasteiger partial charge is 0.0713 e. The second-order valence-corrected chi connectivity index (χ2v) is 5.66. The van der Waals surface area contributed by atoms with Crippen molar-refractivity contribution in [2.24, 2.45) is 0 Å². The highest BCUT2D eigenvalue weighted by molar-refractivity contribution is 7.99. The van der Waals surface area contributed by atoms with Gasteiger partial charge in [0.1, 0.15) is 0 Å². The molecule has 1 aromatic heterocycles. The number of benzene rings is 2. The van der Waals surface area contributed by atoms with E-state index in [2.05, 4.69) is 66.5 Å². The third kappa shape index (κ3) is 2.75. The minimum atomic E-state index is 1.02. The highest BCUT2D eigenvalue weighted by Crippen LogP contribution is 2.36. The van der Waals surface area contributed by atoms with Gasteiger partial charge in [-0.15, -0.1) is 0 Å². The van der Waals surface area contributed by atoms with Gasteiger partial charge in [0.15, 0.2) is 0 Å². The average molecular weight is 277 g/mol. The normalized spacial score (nSPS) is 10.4. The Kier molecular flexibility index (Phi) is 3.84. The number of pyridine rings is 1. The minimum Gasteiger partial charge on any atom is -0.256 e. The molecule has 0 aliphatic rings. The lowest BCUT2D eigenvalue weighted by molar-refractivity contribution is 1.27. The van der Waals surface area contributed by atoms with E-state index in [1.54, 1.807) is 11.8 Å². The van der Waals surface area contributed by atoms with Gasteiger partial charge in [0.05, 0.1) is 5.69 Å². The van der Waals surface area contributed by atoms with Gasteiger partial charge in [0, 0.05) is 21.6 Å². The first-order valence-corrected chi connectivity index (χ1v) is 7.40. The van der Waals surface area contributed by atoms with Gasteiger partial charge in [-0.2, -0.15) is 0 Å². The molecule has 98 valence electrons. The Bertz CT molecular complexity index is 707. The third-order valence-corrected chi connectivity index (χ3v) is 4.40. The Morgan fingerprint density at radius 2 is 1.45 bits per heavy atom. The first-order chi connectivity index (χ1) is 9.84. The quantitative estimate of drug-likeness (QED) is 0.652. The maximum Gasteiger partial charge on any atom is 0.0713 e. The fourth-order valence-electron chi connectivity index (χ4n) is 2.08. The molecule has 0 radical (unpaired) electrons. The van der Waals surface area contributed by atoms with Gasteiger partial charge >= 0.3 is 0 Å². The van der Waals surface area contributed by atoms with Crippen molar-refractivity contribution in [1.29, 1.82) is 0 Å². The first kappa shape index (κ1) is 12.9. The number of hydrogen-bond acceptors (Lipinski definition) is 2. The summed E-state index contributed by atoms with van der Waals surface area (Å²) in [6.07, 6.45) is 1.84. The molecule has 1 heterocycles. The summed E-state index contributed by atoms with van der Waals surface area (Å²) < 4.78 is 0. The van der Waals surface area contributed by atoms with E-state index in [4.69, 9.17) is 0 Å². The Morgan fingerprint density at radius 1 is 0.750 bits per heavy atom. The van der Waals surface area contributed by atoms with Crippen LogP contribution in [-0.4, -0.2) is 4.98 Å². The molecule has 0 atom stereocenters. The van der Waals surface area contributed by atoms with Crippen LogP contribution >= 0.6 is 11.8 Å². The molecule has 2 aromatic carbocycles. The lowest BCUT2D eigenvalue weighted by Crippen LogP contribution is -1.86. The number of rotatable bonds is 3. The molecule has 0 unspecified atom stereocenters. The molecule has 0 N–H and O–H groups in total. The zero-order valence-electron chi connectivity index (χ0n) is 11.3. The van der Waals surface area contributed by atoms with Crippen molar-refractivity contribution in [2.45, 2.75) is 16.7 Å². The highest BCUT2D eigenvalue weighted by Gasteiger charge is 2.08. The SMILES string of the molecule is Cc1ccccc1Sc1ccccc1-c1ccccn1. The maximum absolute atomic E-state index is 4.46. The van der Waals surface area contributed by atoms with Gasteiger partial charge in [-0.25, -0.2) is 0 Å².